The number of anilines is 2. The zero-order valence-electron chi connectivity index (χ0n) is 6.82. The van der Waals surface area contributed by atoms with Crippen molar-refractivity contribution in [2.24, 2.45) is 0 Å². The number of hydrogen-bond acceptors (Lipinski definition) is 4. The molecule has 0 aromatic heterocycles. The van der Waals surface area contributed by atoms with E-state index in [0.717, 1.165) is 5.69 Å². The lowest BCUT2D eigenvalue weighted by molar-refractivity contribution is -0.0594. The molecule has 4 nitrogen and oxygen atoms in total. The van der Waals surface area contributed by atoms with Crippen molar-refractivity contribution < 1.29 is 9.94 Å². The normalized spacial score (nSPS) is 12.5. The highest BCUT2D eigenvalue weighted by atomic mass is 16.7. The minimum Gasteiger partial charge on any atom is -0.399 e. The molecule has 0 amide bonds. The third-order valence-corrected chi connectivity index (χ3v) is 1.23. The molecule has 1 atom stereocenters. The second-order valence-electron chi connectivity index (χ2n) is 2.44. The molecule has 0 heterocycles. The summed E-state index contributed by atoms with van der Waals surface area (Å²) >= 11 is 0. The molecular weight excluding hydrogens is 156 g/mol. The van der Waals surface area contributed by atoms with E-state index in [0.29, 0.717) is 5.69 Å². The average Bonchev–Trinajstić information content (AvgIpc) is 2.01. The molecule has 0 saturated heterocycles. The fraction of sp³-hybridized carbons (Fsp3) is 0.250. The van der Waals surface area contributed by atoms with Gasteiger partial charge < -0.3 is 10.8 Å². The van der Waals surface area contributed by atoms with Gasteiger partial charge in [-0.1, -0.05) is 6.07 Å². The average molecular weight is 168 g/mol. The fourth-order valence-corrected chi connectivity index (χ4v) is 0.755. The molecule has 0 bridgehead atoms. The molecule has 4 heteroatoms. The maximum atomic E-state index is 8.77. The van der Waals surface area contributed by atoms with Crippen molar-refractivity contribution in [2.45, 2.75) is 13.2 Å². The van der Waals surface area contributed by atoms with Crippen molar-refractivity contribution in [3.63, 3.8) is 0 Å². The second kappa shape index (κ2) is 3.94. The van der Waals surface area contributed by atoms with Gasteiger partial charge in [-0.3, -0.25) is 5.48 Å². The SMILES string of the molecule is CC(O)ONc1cccc(N)c1. The highest BCUT2D eigenvalue weighted by Gasteiger charge is 1.95. The van der Waals surface area contributed by atoms with Crippen LogP contribution in [0.2, 0.25) is 0 Å². The molecule has 1 aromatic rings. The van der Waals surface area contributed by atoms with E-state index in [9.17, 15) is 0 Å². The Morgan fingerprint density at radius 3 is 2.92 bits per heavy atom. The molecule has 4 N–H and O–H groups in total. The van der Waals surface area contributed by atoms with Gasteiger partial charge in [-0.2, -0.15) is 0 Å². The molecule has 0 aliphatic carbocycles. The van der Waals surface area contributed by atoms with Crippen LogP contribution in [0.25, 0.3) is 0 Å². The van der Waals surface area contributed by atoms with Crippen molar-refractivity contribution in [2.75, 3.05) is 11.2 Å². The van der Waals surface area contributed by atoms with Crippen LogP contribution in [0.1, 0.15) is 6.92 Å². The predicted octanol–water partition coefficient (Wildman–Crippen LogP) is 0.951. The van der Waals surface area contributed by atoms with E-state index in [1.165, 1.54) is 6.92 Å². The Labute approximate surface area is 70.9 Å². The molecule has 0 aliphatic rings. The van der Waals surface area contributed by atoms with E-state index in [1.807, 2.05) is 0 Å². The number of aliphatic hydroxyl groups excluding tert-OH is 1. The van der Waals surface area contributed by atoms with Crippen molar-refractivity contribution in [3.05, 3.63) is 24.3 Å². The van der Waals surface area contributed by atoms with E-state index in [1.54, 1.807) is 24.3 Å². The van der Waals surface area contributed by atoms with Crippen LogP contribution in [-0.4, -0.2) is 11.4 Å². The molecule has 0 spiro atoms. The van der Waals surface area contributed by atoms with Gasteiger partial charge in [-0.05, 0) is 25.1 Å². The Morgan fingerprint density at radius 2 is 2.33 bits per heavy atom. The zero-order valence-corrected chi connectivity index (χ0v) is 6.82. The monoisotopic (exact) mass is 168 g/mol. The molecule has 0 fully saturated rings. The van der Waals surface area contributed by atoms with Crippen LogP contribution in [0.3, 0.4) is 0 Å². The van der Waals surface area contributed by atoms with Gasteiger partial charge in [0.1, 0.15) is 0 Å². The van der Waals surface area contributed by atoms with Crippen LogP contribution < -0.4 is 11.2 Å². The third kappa shape index (κ3) is 2.77. The third-order valence-electron chi connectivity index (χ3n) is 1.23. The lowest BCUT2D eigenvalue weighted by Crippen LogP contribution is -2.11. The van der Waals surface area contributed by atoms with E-state index >= 15 is 0 Å². The topological polar surface area (TPSA) is 67.5 Å². The van der Waals surface area contributed by atoms with Crippen molar-refractivity contribution in [1.82, 2.24) is 0 Å². The smallest absolute Gasteiger partial charge is 0.178 e. The molecular formula is C8H12N2O2. The van der Waals surface area contributed by atoms with Gasteiger partial charge in [0.05, 0.1) is 5.69 Å². The van der Waals surface area contributed by atoms with Crippen LogP contribution in [0, 0.1) is 0 Å². The Balaban J connectivity index is 2.52. The lowest BCUT2D eigenvalue weighted by Gasteiger charge is -2.08. The highest BCUT2D eigenvalue weighted by Crippen LogP contribution is 2.11. The minimum atomic E-state index is -0.841. The summed E-state index contributed by atoms with van der Waals surface area (Å²) in [6.07, 6.45) is -0.841. The van der Waals surface area contributed by atoms with Crippen molar-refractivity contribution in [3.8, 4) is 0 Å². The Kier molecular flexibility index (Phi) is 2.90. The molecule has 0 radical (unpaired) electrons. The first-order chi connectivity index (χ1) is 5.68. The molecule has 12 heavy (non-hydrogen) atoms. The second-order valence-corrected chi connectivity index (χ2v) is 2.44. The number of benzene rings is 1. The first-order valence-electron chi connectivity index (χ1n) is 3.64. The molecule has 1 unspecified atom stereocenters. The summed E-state index contributed by atoms with van der Waals surface area (Å²) in [5.41, 5.74) is 9.43. The summed E-state index contributed by atoms with van der Waals surface area (Å²) in [5, 5.41) is 8.77. The number of hydrogen-bond donors (Lipinski definition) is 3. The van der Waals surface area contributed by atoms with Crippen molar-refractivity contribution >= 4 is 11.4 Å². The van der Waals surface area contributed by atoms with Gasteiger partial charge in [0.15, 0.2) is 6.29 Å². The standard InChI is InChI=1S/C8H12N2O2/c1-6(11)12-10-8-4-2-3-7(9)5-8/h2-6,10-11H,9H2,1H3. The Hall–Kier alpha value is -1.26. The van der Waals surface area contributed by atoms with Gasteiger partial charge in [0.25, 0.3) is 0 Å². The van der Waals surface area contributed by atoms with Gasteiger partial charge in [0, 0.05) is 5.69 Å². The maximum Gasteiger partial charge on any atom is 0.178 e. The summed E-state index contributed by atoms with van der Waals surface area (Å²) in [7, 11) is 0. The van der Waals surface area contributed by atoms with Gasteiger partial charge in [-0.25, -0.2) is 4.84 Å². The van der Waals surface area contributed by atoms with Crippen LogP contribution >= 0.6 is 0 Å². The molecule has 0 aliphatic heterocycles. The van der Waals surface area contributed by atoms with E-state index in [4.69, 9.17) is 15.7 Å². The Morgan fingerprint density at radius 1 is 1.58 bits per heavy atom. The molecule has 0 saturated carbocycles. The fourth-order valence-electron chi connectivity index (χ4n) is 0.755. The largest absolute Gasteiger partial charge is 0.399 e. The summed E-state index contributed by atoms with van der Waals surface area (Å²) in [4.78, 5) is 4.73. The van der Waals surface area contributed by atoms with Crippen LogP contribution in [-0.2, 0) is 4.84 Å². The van der Waals surface area contributed by atoms with E-state index in [-0.39, 0.29) is 0 Å². The number of nitrogens with two attached hydrogens (primary N) is 1. The number of rotatable bonds is 3. The van der Waals surface area contributed by atoms with Crippen molar-refractivity contribution in [1.29, 1.82) is 0 Å². The molecule has 66 valence electrons. The van der Waals surface area contributed by atoms with Gasteiger partial charge in [-0.15, -0.1) is 0 Å². The summed E-state index contributed by atoms with van der Waals surface area (Å²) < 4.78 is 0. The first-order valence-corrected chi connectivity index (χ1v) is 3.64. The lowest BCUT2D eigenvalue weighted by atomic mass is 10.3. The van der Waals surface area contributed by atoms with E-state index in [2.05, 4.69) is 5.48 Å². The highest BCUT2D eigenvalue weighted by molar-refractivity contribution is 5.52. The van der Waals surface area contributed by atoms with E-state index < -0.39 is 6.29 Å². The Bertz CT molecular complexity index is 251. The van der Waals surface area contributed by atoms with Gasteiger partial charge >= 0.3 is 0 Å². The quantitative estimate of drug-likeness (QED) is 0.357. The maximum absolute atomic E-state index is 8.77. The molecule has 1 aromatic carbocycles. The molecule has 1 rings (SSSR count). The van der Waals surface area contributed by atoms with Crippen LogP contribution in [0.4, 0.5) is 11.4 Å². The van der Waals surface area contributed by atoms with Crippen LogP contribution in [0.5, 0.6) is 0 Å². The predicted molar refractivity (Wildman–Crippen MR) is 47.2 cm³/mol. The summed E-state index contributed by atoms with van der Waals surface area (Å²) in [5.74, 6) is 0. The summed E-state index contributed by atoms with van der Waals surface area (Å²) in [6.45, 7) is 1.51. The number of nitrogen functional groups attached to an aromatic ring is 1. The first kappa shape index (κ1) is 8.83. The van der Waals surface area contributed by atoms with Crippen LogP contribution in [0.15, 0.2) is 24.3 Å². The summed E-state index contributed by atoms with van der Waals surface area (Å²) in [6, 6.07) is 7.07. The number of nitrogens with one attached hydrogen (secondary N) is 1. The van der Waals surface area contributed by atoms with Gasteiger partial charge in [0.2, 0.25) is 0 Å². The number of aliphatic hydroxyl groups is 1. The zero-order chi connectivity index (χ0) is 8.97. The minimum absolute atomic E-state index is 0.647.